The van der Waals surface area contributed by atoms with Crippen LogP contribution >= 0.6 is 0 Å². The molecule has 0 atom stereocenters. The van der Waals surface area contributed by atoms with Gasteiger partial charge in [-0.15, -0.1) is 0 Å². The van der Waals surface area contributed by atoms with Gasteiger partial charge in [0.25, 0.3) is 0 Å². The lowest BCUT2D eigenvalue weighted by molar-refractivity contribution is 0.312. The number of nitrogens with one attached hydrogen (secondary N) is 2. The lowest BCUT2D eigenvalue weighted by Crippen LogP contribution is -2.34. The molecule has 1 heterocycles. The van der Waals surface area contributed by atoms with Crippen LogP contribution in [0.15, 0.2) is 30.3 Å². The summed E-state index contributed by atoms with van der Waals surface area (Å²) in [6.45, 7) is 6.95. The molecule has 2 N–H and O–H groups in total. The first-order chi connectivity index (χ1) is 9.84. The summed E-state index contributed by atoms with van der Waals surface area (Å²) in [7, 11) is 2.21. The molecule has 0 radical (unpaired) electrons. The molecule has 3 nitrogen and oxygen atoms in total. The zero-order valence-electron chi connectivity index (χ0n) is 12.8. The Hall–Kier alpha value is -0.900. The molecule has 1 aliphatic heterocycles. The molecule has 0 aliphatic carbocycles. The zero-order chi connectivity index (χ0) is 14.0. The van der Waals surface area contributed by atoms with Gasteiger partial charge in [0.1, 0.15) is 0 Å². The van der Waals surface area contributed by atoms with Crippen molar-refractivity contribution in [2.45, 2.75) is 25.8 Å². The molecule has 1 aliphatic rings. The first-order valence-corrected chi connectivity index (χ1v) is 7.98. The van der Waals surface area contributed by atoms with E-state index < -0.39 is 0 Å². The third-order valence-electron chi connectivity index (χ3n) is 4.08. The predicted molar refractivity (Wildman–Crippen MR) is 85.9 cm³/mol. The summed E-state index contributed by atoms with van der Waals surface area (Å²) < 4.78 is 0. The van der Waals surface area contributed by atoms with E-state index in [-0.39, 0.29) is 0 Å². The summed E-state index contributed by atoms with van der Waals surface area (Å²) in [6.07, 6.45) is 3.90. The Kier molecular flexibility index (Phi) is 7.06. The molecule has 0 spiro atoms. The van der Waals surface area contributed by atoms with Crippen LogP contribution < -0.4 is 10.6 Å². The largest absolute Gasteiger partial charge is 0.317 e. The van der Waals surface area contributed by atoms with Crippen LogP contribution in [0.5, 0.6) is 0 Å². The molecule has 1 saturated heterocycles. The summed E-state index contributed by atoms with van der Waals surface area (Å²) in [4.78, 5) is 2.40. The van der Waals surface area contributed by atoms with E-state index in [0.717, 1.165) is 25.6 Å². The van der Waals surface area contributed by atoms with Crippen LogP contribution in [-0.4, -0.2) is 44.7 Å². The number of rotatable bonds is 8. The van der Waals surface area contributed by atoms with Crippen molar-refractivity contribution in [2.24, 2.45) is 5.92 Å². The normalized spacial score (nSPS) is 16.7. The van der Waals surface area contributed by atoms with Gasteiger partial charge in [0.2, 0.25) is 0 Å². The molecular weight excluding hydrogens is 246 g/mol. The predicted octanol–water partition coefficient (Wildman–Crippen LogP) is 2.10. The standard InChI is InChI=1S/C17H29N3/c1-20(15-17-6-3-2-4-7-17)13-5-10-19-14-16-8-11-18-12-9-16/h2-4,6-7,16,18-19H,5,8-15H2,1H3. The number of nitrogens with zero attached hydrogens (tertiary/aromatic N) is 1. The maximum atomic E-state index is 3.62. The highest BCUT2D eigenvalue weighted by Gasteiger charge is 2.11. The summed E-state index contributed by atoms with van der Waals surface area (Å²) in [6, 6.07) is 10.7. The molecule has 0 unspecified atom stereocenters. The fourth-order valence-corrected chi connectivity index (χ4v) is 2.84. The van der Waals surface area contributed by atoms with Crippen molar-refractivity contribution in [3.05, 3.63) is 35.9 Å². The Labute approximate surface area is 123 Å². The molecule has 0 amide bonds. The van der Waals surface area contributed by atoms with E-state index in [1.54, 1.807) is 0 Å². The highest BCUT2D eigenvalue weighted by Crippen LogP contribution is 2.09. The van der Waals surface area contributed by atoms with Crippen LogP contribution in [-0.2, 0) is 6.54 Å². The minimum Gasteiger partial charge on any atom is -0.317 e. The van der Waals surface area contributed by atoms with E-state index in [1.165, 1.54) is 44.5 Å². The Morgan fingerprint density at radius 3 is 2.70 bits per heavy atom. The summed E-state index contributed by atoms with van der Waals surface area (Å²) >= 11 is 0. The molecule has 1 aromatic carbocycles. The van der Waals surface area contributed by atoms with E-state index in [1.807, 2.05) is 0 Å². The van der Waals surface area contributed by atoms with Crippen molar-refractivity contribution >= 4 is 0 Å². The van der Waals surface area contributed by atoms with Crippen LogP contribution in [0.2, 0.25) is 0 Å². The highest BCUT2D eigenvalue weighted by atomic mass is 15.1. The Morgan fingerprint density at radius 1 is 1.20 bits per heavy atom. The number of hydrogen-bond donors (Lipinski definition) is 2. The first kappa shape index (κ1) is 15.5. The maximum Gasteiger partial charge on any atom is 0.0230 e. The summed E-state index contributed by atoms with van der Waals surface area (Å²) in [5, 5.41) is 7.04. The quantitative estimate of drug-likeness (QED) is 0.712. The molecule has 2 rings (SSSR count). The summed E-state index contributed by atoms with van der Waals surface area (Å²) in [5.41, 5.74) is 1.40. The Balaban J connectivity index is 1.50. The number of piperidine rings is 1. The van der Waals surface area contributed by atoms with E-state index in [9.17, 15) is 0 Å². The molecule has 3 heteroatoms. The van der Waals surface area contributed by atoms with Crippen molar-refractivity contribution in [2.75, 3.05) is 39.8 Å². The van der Waals surface area contributed by atoms with Gasteiger partial charge in [-0.3, -0.25) is 0 Å². The SMILES string of the molecule is CN(CCCNCC1CCNCC1)Cc1ccccc1. The van der Waals surface area contributed by atoms with Crippen LogP contribution in [0, 0.1) is 5.92 Å². The van der Waals surface area contributed by atoms with Gasteiger partial charge in [-0.2, -0.15) is 0 Å². The van der Waals surface area contributed by atoms with Gasteiger partial charge in [0, 0.05) is 6.54 Å². The van der Waals surface area contributed by atoms with Crippen LogP contribution in [0.3, 0.4) is 0 Å². The van der Waals surface area contributed by atoms with Crippen molar-refractivity contribution in [1.82, 2.24) is 15.5 Å². The topological polar surface area (TPSA) is 27.3 Å². The fourth-order valence-electron chi connectivity index (χ4n) is 2.84. The number of benzene rings is 1. The van der Waals surface area contributed by atoms with Crippen molar-refractivity contribution in [3.63, 3.8) is 0 Å². The third kappa shape index (κ3) is 6.04. The van der Waals surface area contributed by atoms with Crippen molar-refractivity contribution < 1.29 is 0 Å². The molecule has 20 heavy (non-hydrogen) atoms. The molecule has 1 aromatic rings. The van der Waals surface area contributed by atoms with Gasteiger partial charge in [-0.05, 0) is 70.5 Å². The molecule has 0 saturated carbocycles. The molecular formula is C17H29N3. The maximum absolute atomic E-state index is 3.62. The second-order valence-electron chi connectivity index (χ2n) is 5.97. The second kappa shape index (κ2) is 9.11. The minimum atomic E-state index is 0.887. The average molecular weight is 275 g/mol. The van der Waals surface area contributed by atoms with E-state index >= 15 is 0 Å². The van der Waals surface area contributed by atoms with Gasteiger partial charge in [-0.25, -0.2) is 0 Å². The number of hydrogen-bond acceptors (Lipinski definition) is 3. The minimum absolute atomic E-state index is 0.887. The lowest BCUT2D eigenvalue weighted by Gasteiger charge is -2.23. The zero-order valence-corrected chi connectivity index (χ0v) is 12.8. The van der Waals surface area contributed by atoms with Crippen LogP contribution in [0.25, 0.3) is 0 Å². The van der Waals surface area contributed by atoms with Gasteiger partial charge in [-0.1, -0.05) is 30.3 Å². The van der Waals surface area contributed by atoms with E-state index in [0.29, 0.717) is 0 Å². The third-order valence-corrected chi connectivity index (χ3v) is 4.08. The average Bonchev–Trinajstić information content (AvgIpc) is 2.49. The van der Waals surface area contributed by atoms with Crippen LogP contribution in [0.4, 0.5) is 0 Å². The smallest absolute Gasteiger partial charge is 0.0230 e. The first-order valence-electron chi connectivity index (χ1n) is 7.98. The molecule has 112 valence electrons. The molecule has 0 aromatic heterocycles. The molecule has 0 bridgehead atoms. The second-order valence-corrected chi connectivity index (χ2v) is 5.97. The highest BCUT2D eigenvalue weighted by molar-refractivity contribution is 5.14. The summed E-state index contributed by atoms with van der Waals surface area (Å²) in [5.74, 6) is 0.887. The van der Waals surface area contributed by atoms with E-state index in [2.05, 4.69) is 52.9 Å². The van der Waals surface area contributed by atoms with Gasteiger partial charge < -0.3 is 15.5 Å². The monoisotopic (exact) mass is 275 g/mol. The Bertz CT molecular complexity index is 347. The molecule has 1 fully saturated rings. The Morgan fingerprint density at radius 2 is 1.95 bits per heavy atom. The van der Waals surface area contributed by atoms with Gasteiger partial charge >= 0.3 is 0 Å². The van der Waals surface area contributed by atoms with Gasteiger partial charge in [0.15, 0.2) is 0 Å². The van der Waals surface area contributed by atoms with E-state index in [4.69, 9.17) is 0 Å². The lowest BCUT2D eigenvalue weighted by atomic mass is 9.98. The van der Waals surface area contributed by atoms with Crippen molar-refractivity contribution in [1.29, 1.82) is 0 Å². The van der Waals surface area contributed by atoms with Crippen molar-refractivity contribution in [3.8, 4) is 0 Å². The van der Waals surface area contributed by atoms with Crippen LogP contribution in [0.1, 0.15) is 24.8 Å². The fraction of sp³-hybridized carbons (Fsp3) is 0.647. The van der Waals surface area contributed by atoms with Gasteiger partial charge in [0.05, 0.1) is 0 Å².